The number of rotatable bonds is 4. The Morgan fingerprint density at radius 2 is 2.17 bits per heavy atom. The van der Waals surface area contributed by atoms with Gasteiger partial charge in [0.05, 0.1) is 29.0 Å². The van der Waals surface area contributed by atoms with Crippen molar-refractivity contribution in [3.8, 4) is 23.1 Å². The van der Waals surface area contributed by atoms with Crippen molar-refractivity contribution in [1.29, 1.82) is 5.26 Å². The average Bonchev–Trinajstić information content (AvgIpc) is 3.28. The summed E-state index contributed by atoms with van der Waals surface area (Å²) in [5.41, 5.74) is 3.51. The molecule has 2 aliphatic heterocycles. The summed E-state index contributed by atoms with van der Waals surface area (Å²) in [5, 5.41) is 9.68. The quantitative estimate of drug-likeness (QED) is 0.654. The number of amides is 1. The summed E-state index contributed by atoms with van der Waals surface area (Å²) in [6.07, 6.45) is 3.15. The highest BCUT2D eigenvalue weighted by molar-refractivity contribution is 9.10. The standard InChI is InChI=1S/C23H27BrN4O2/c1-14(2)10-18-20-16-12-17(24)19(30-4)11-15(16)6-9-27(20)21(26-18)22(29)28-8-5-7-23(28,3)13-25/h11-12,14H,5-10H2,1-4H3/t23-/m1/s1. The maximum absolute atomic E-state index is 13.5. The molecule has 1 saturated heterocycles. The molecule has 0 N–H and O–H groups in total. The number of halogens is 1. The van der Waals surface area contributed by atoms with Gasteiger partial charge in [-0.1, -0.05) is 13.8 Å². The molecule has 6 nitrogen and oxygen atoms in total. The number of nitrogens with zero attached hydrogens (tertiary/aromatic N) is 4. The molecular formula is C23H27BrN4O2. The van der Waals surface area contributed by atoms with Crippen LogP contribution in [0.25, 0.3) is 11.3 Å². The number of aryl methyl sites for hydroxylation is 1. The summed E-state index contributed by atoms with van der Waals surface area (Å²) < 4.78 is 8.43. The summed E-state index contributed by atoms with van der Waals surface area (Å²) in [5.74, 6) is 1.55. The summed E-state index contributed by atoms with van der Waals surface area (Å²) in [4.78, 5) is 20.1. The highest BCUT2D eigenvalue weighted by atomic mass is 79.9. The maximum Gasteiger partial charge on any atom is 0.291 e. The van der Waals surface area contributed by atoms with Crippen LogP contribution in [0.1, 0.15) is 55.5 Å². The number of likely N-dealkylation sites (tertiary alicyclic amines) is 1. The molecule has 0 bridgehead atoms. The van der Waals surface area contributed by atoms with E-state index >= 15 is 0 Å². The van der Waals surface area contributed by atoms with Crippen molar-refractivity contribution in [2.24, 2.45) is 5.92 Å². The fourth-order valence-electron chi connectivity index (χ4n) is 4.65. The van der Waals surface area contributed by atoms with Gasteiger partial charge in [0.25, 0.3) is 5.91 Å². The number of carbonyl (C=O) groups excluding carboxylic acids is 1. The van der Waals surface area contributed by atoms with Crippen LogP contribution in [0, 0.1) is 17.2 Å². The van der Waals surface area contributed by atoms with Crippen LogP contribution in [0.2, 0.25) is 0 Å². The van der Waals surface area contributed by atoms with Crippen molar-refractivity contribution < 1.29 is 9.53 Å². The minimum Gasteiger partial charge on any atom is -0.496 e. The van der Waals surface area contributed by atoms with Crippen LogP contribution in [0.3, 0.4) is 0 Å². The fourth-order valence-corrected chi connectivity index (χ4v) is 5.16. The summed E-state index contributed by atoms with van der Waals surface area (Å²) >= 11 is 3.61. The normalized spacial score (nSPS) is 20.1. The average molecular weight is 471 g/mol. The maximum atomic E-state index is 13.5. The van der Waals surface area contributed by atoms with Gasteiger partial charge in [-0.3, -0.25) is 4.79 Å². The Kier molecular flexibility index (Phi) is 5.39. The molecule has 3 heterocycles. The van der Waals surface area contributed by atoms with Crippen molar-refractivity contribution in [2.45, 2.75) is 58.5 Å². The van der Waals surface area contributed by atoms with E-state index in [4.69, 9.17) is 9.72 Å². The van der Waals surface area contributed by atoms with E-state index < -0.39 is 5.54 Å². The molecule has 0 radical (unpaired) electrons. The van der Waals surface area contributed by atoms with Crippen molar-refractivity contribution in [2.75, 3.05) is 13.7 Å². The van der Waals surface area contributed by atoms with Crippen LogP contribution in [-0.4, -0.2) is 39.6 Å². The molecule has 0 spiro atoms. The zero-order valence-corrected chi connectivity index (χ0v) is 19.5. The number of methoxy groups -OCH3 is 1. The van der Waals surface area contributed by atoms with E-state index in [9.17, 15) is 10.1 Å². The molecule has 7 heteroatoms. The van der Waals surface area contributed by atoms with Crippen LogP contribution < -0.4 is 4.74 Å². The van der Waals surface area contributed by atoms with Gasteiger partial charge in [-0.2, -0.15) is 5.26 Å². The van der Waals surface area contributed by atoms with E-state index in [0.717, 1.165) is 46.4 Å². The molecule has 2 aromatic rings. The third-order valence-electron chi connectivity index (χ3n) is 6.20. The van der Waals surface area contributed by atoms with Gasteiger partial charge < -0.3 is 14.2 Å². The van der Waals surface area contributed by atoms with Gasteiger partial charge in [-0.05, 0) is 72.2 Å². The first kappa shape index (κ1) is 20.9. The first-order valence-electron chi connectivity index (χ1n) is 10.5. The first-order chi connectivity index (χ1) is 14.3. The Morgan fingerprint density at radius 3 is 2.83 bits per heavy atom. The SMILES string of the molecule is COc1cc2c(cc1Br)-c1c(CC(C)C)nc(C(=O)N3CCC[C@]3(C)C#N)n1CC2. The Balaban J connectivity index is 1.86. The molecule has 1 aromatic carbocycles. The third-order valence-corrected chi connectivity index (χ3v) is 6.82. The lowest BCUT2D eigenvalue weighted by Crippen LogP contribution is -2.45. The lowest BCUT2D eigenvalue weighted by atomic mass is 9.94. The molecule has 158 valence electrons. The lowest BCUT2D eigenvalue weighted by Gasteiger charge is -2.29. The van der Waals surface area contributed by atoms with Gasteiger partial charge in [0.1, 0.15) is 11.3 Å². The second-order valence-corrected chi connectivity index (χ2v) is 9.67. The van der Waals surface area contributed by atoms with Gasteiger partial charge in [0.2, 0.25) is 0 Å². The molecule has 30 heavy (non-hydrogen) atoms. The molecule has 4 rings (SSSR count). The van der Waals surface area contributed by atoms with Gasteiger partial charge in [0.15, 0.2) is 5.82 Å². The molecule has 0 unspecified atom stereocenters. The van der Waals surface area contributed by atoms with Crippen LogP contribution in [0.5, 0.6) is 5.75 Å². The fraction of sp³-hybridized carbons (Fsp3) is 0.522. The summed E-state index contributed by atoms with van der Waals surface area (Å²) in [6, 6.07) is 6.49. The second kappa shape index (κ2) is 7.73. The van der Waals surface area contributed by atoms with Gasteiger partial charge in [-0.25, -0.2) is 4.98 Å². The molecule has 1 aromatic heterocycles. The molecular weight excluding hydrogens is 444 g/mol. The largest absolute Gasteiger partial charge is 0.496 e. The van der Waals surface area contributed by atoms with E-state index in [1.807, 2.05) is 6.92 Å². The Labute approximate surface area is 186 Å². The zero-order chi connectivity index (χ0) is 21.6. The van der Waals surface area contributed by atoms with Gasteiger partial charge >= 0.3 is 0 Å². The number of aromatic nitrogens is 2. The molecule has 2 aliphatic rings. The van der Waals surface area contributed by atoms with E-state index in [-0.39, 0.29) is 5.91 Å². The predicted octanol–water partition coefficient (Wildman–Crippen LogP) is 4.59. The number of nitriles is 1. The van der Waals surface area contributed by atoms with Gasteiger partial charge in [0, 0.05) is 18.7 Å². The lowest BCUT2D eigenvalue weighted by molar-refractivity contribution is 0.0675. The van der Waals surface area contributed by atoms with E-state index in [0.29, 0.717) is 31.3 Å². The number of ether oxygens (including phenoxy) is 1. The number of imidazole rings is 1. The second-order valence-electron chi connectivity index (χ2n) is 8.82. The van der Waals surface area contributed by atoms with E-state index in [2.05, 4.69) is 52.5 Å². The highest BCUT2D eigenvalue weighted by Gasteiger charge is 2.42. The number of fused-ring (bicyclic) bond motifs is 3. The van der Waals surface area contributed by atoms with E-state index in [1.165, 1.54) is 5.56 Å². The Bertz CT molecular complexity index is 1050. The summed E-state index contributed by atoms with van der Waals surface area (Å²) in [7, 11) is 1.67. The van der Waals surface area contributed by atoms with Crippen molar-refractivity contribution >= 4 is 21.8 Å². The zero-order valence-electron chi connectivity index (χ0n) is 18.0. The smallest absolute Gasteiger partial charge is 0.291 e. The van der Waals surface area contributed by atoms with Crippen molar-refractivity contribution in [3.63, 3.8) is 0 Å². The molecule has 0 saturated carbocycles. The van der Waals surface area contributed by atoms with Crippen LogP contribution in [0.4, 0.5) is 0 Å². The molecule has 1 atom stereocenters. The number of benzene rings is 1. The summed E-state index contributed by atoms with van der Waals surface area (Å²) in [6.45, 7) is 7.47. The van der Waals surface area contributed by atoms with Crippen molar-refractivity contribution in [1.82, 2.24) is 14.5 Å². The van der Waals surface area contributed by atoms with E-state index in [1.54, 1.807) is 12.0 Å². The minimum atomic E-state index is -0.759. The minimum absolute atomic E-state index is 0.135. The molecule has 1 amide bonds. The Morgan fingerprint density at radius 1 is 1.40 bits per heavy atom. The predicted molar refractivity (Wildman–Crippen MR) is 118 cm³/mol. The van der Waals surface area contributed by atoms with Crippen LogP contribution in [0.15, 0.2) is 16.6 Å². The van der Waals surface area contributed by atoms with Gasteiger partial charge in [-0.15, -0.1) is 0 Å². The topological polar surface area (TPSA) is 71.2 Å². The van der Waals surface area contributed by atoms with Crippen LogP contribution in [-0.2, 0) is 19.4 Å². The first-order valence-corrected chi connectivity index (χ1v) is 11.3. The highest BCUT2D eigenvalue weighted by Crippen LogP contribution is 2.40. The molecule has 0 aliphatic carbocycles. The number of hydrogen-bond donors (Lipinski definition) is 0. The molecule has 1 fully saturated rings. The number of hydrogen-bond acceptors (Lipinski definition) is 4. The Hall–Kier alpha value is -2.33. The number of carbonyl (C=O) groups is 1. The monoisotopic (exact) mass is 470 g/mol. The van der Waals surface area contributed by atoms with Crippen molar-refractivity contribution in [3.05, 3.63) is 33.7 Å². The van der Waals surface area contributed by atoms with Crippen LogP contribution >= 0.6 is 15.9 Å². The third kappa shape index (κ3) is 3.31.